The van der Waals surface area contributed by atoms with Crippen LogP contribution in [0.4, 0.5) is 11.4 Å². The number of nitro groups is 1. The second kappa shape index (κ2) is 12.7. The maximum Gasteiger partial charge on any atom is 0.312 e. The Bertz CT molecular complexity index is 1690. The predicted octanol–water partition coefficient (Wildman–Crippen LogP) is 6.90. The van der Waals surface area contributed by atoms with E-state index in [4.69, 9.17) is 16.3 Å². The highest BCUT2D eigenvalue weighted by molar-refractivity contribution is 9.10. The lowest BCUT2D eigenvalue weighted by atomic mass is 10.1. The van der Waals surface area contributed by atoms with Crippen LogP contribution in [0.25, 0.3) is 10.9 Å². The van der Waals surface area contributed by atoms with E-state index in [-0.39, 0.29) is 22.9 Å². The Kier molecular flexibility index (Phi) is 9.33. The maximum absolute atomic E-state index is 13.5. The third kappa shape index (κ3) is 6.75. The highest BCUT2D eigenvalue weighted by Crippen LogP contribution is 2.34. The number of aromatic nitrogens is 2. The monoisotopic (exact) mass is 689 g/mol. The van der Waals surface area contributed by atoms with Gasteiger partial charge in [0.25, 0.3) is 11.5 Å². The normalized spacial score (nSPS) is 12.0. The molecule has 0 radical (unpaired) electrons. The Labute approximate surface area is 250 Å². The highest BCUT2D eigenvalue weighted by atomic mass is 79.9. The lowest BCUT2D eigenvalue weighted by molar-refractivity contribution is -0.385. The molecule has 10 nitrogen and oxygen atoms in total. The third-order valence-corrected chi connectivity index (χ3v) is 7.14. The number of benzene rings is 3. The molecule has 0 saturated carbocycles. The van der Waals surface area contributed by atoms with Gasteiger partial charge in [0.15, 0.2) is 6.61 Å². The van der Waals surface area contributed by atoms with Crippen LogP contribution in [-0.2, 0) is 4.79 Å². The first-order valence-corrected chi connectivity index (χ1v) is 14.0. The molecule has 0 aliphatic heterocycles. The van der Waals surface area contributed by atoms with E-state index in [0.717, 1.165) is 0 Å². The molecule has 3 aromatic carbocycles. The van der Waals surface area contributed by atoms with Gasteiger partial charge in [0.1, 0.15) is 5.82 Å². The Balaban J connectivity index is 1.74. The summed E-state index contributed by atoms with van der Waals surface area (Å²) in [7, 11) is 0. The summed E-state index contributed by atoms with van der Waals surface area (Å²) in [6, 6.07) is 14.5. The zero-order valence-electron chi connectivity index (χ0n) is 21.2. The number of carbonyl (C=O) groups is 1. The minimum atomic E-state index is -0.625. The molecule has 206 valence electrons. The number of hydrogen-bond acceptors (Lipinski definition) is 7. The van der Waals surface area contributed by atoms with Crippen LogP contribution in [0.1, 0.15) is 37.6 Å². The SMILES string of the molecule is CC[C@@H](C)c1nc2ccc(Br)cc2c(=O)n1N=Cc1cc(Br)cc([N+](=O)[O-])c1OCC(=O)Nc1ccc(Cl)cc1. The molecule has 0 unspecified atom stereocenters. The lowest BCUT2D eigenvalue weighted by Crippen LogP contribution is -2.24. The maximum atomic E-state index is 13.5. The van der Waals surface area contributed by atoms with Gasteiger partial charge in [-0.3, -0.25) is 19.7 Å². The van der Waals surface area contributed by atoms with Gasteiger partial charge in [0.05, 0.1) is 22.0 Å². The summed E-state index contributed by atoms with van der Waals surface area (Å²) in [4.78, 5) is 41.9. The zero-order valence-corrected chi connectivity index (χ0v) is 25.2. The van der Waals surface area contributed by atoms with Crippen LogP contribution in [-0.4, -0.2) is 33.3 Å². The van der Waals surface area contributed by atoms with Crippen LogP contribution in [0.2, 0.25) is 5.02 Å². The fraction of sp³-hybridized carbons (Fsp3) is 0.185. The van der Waals surface area contributed by atoms with Gasteiger partial charge in [-0.1, -0.05) is 57.3 Å². The number of nitrogens with one attached hydrogen (secondary N) is 1. The van der Waals surface area contributed by atoms with Crippen molar-refractivity contribution in [3.05, 3.63) is 100 Å². The van der Waals surface area contributed by atoms with Gasteiger partial charge in [0, 0.05) is 37.2 Å². The first-order chi connectivity index (χ1) is 19.1. The van der Waals surface area contributed by atoms with Crippen molar-refractivity contribution in [2.75, 3.05) is 11.9 Å². The standard InChI is InChI=1S/C27H22Br2ClN5O5/c1-3-15(2)26-33-22-9-4-17(28)11-21(22)27(37)34(26)31-13-16-10-18(29)12-23(35(38)39)25(16)40-14-24(36)32-20-7-5-19(30)6-8-20/h4-13,15H,3,14H2,1-2H3,(H,32,36)/t15-/m1/s1. The van der Waals surface area contributed by atoms with Gasteiger partial charge >= 0.3 is 5.69 Å². The number of amides is 1. The minimum Gasteiger partial charge on any atom is -0.476 e. The quantitative estimate of drug-likeness (QED) is 0.116. The second-order valence-electron chi connectivity index (χ2n) is 8.75. The van der Waals surface area contributed by atoms with E-state index in [0.29, 0.717) is 42.8 Å². The number of carbonyl (C=O) groups excluding carboxylic acids is 1. The molecule has 1 N–H and O–H groups in total. The van der Waals surface area contributed by atoms with E-state index in [1.807, 2.05) is 13.8 Å². The Morgan fingerprint density at radius 2 is 1.93 bits per heavy atom. The Morgan fingerprint density at radius 3 is 2.60 bits per heavy atom. The van der Waals surface area contributed by atoms with Crippen LogP contribution in [0, 0.1) is 10.1 Å². The molecule has 0 bridgehead atoms. The molecule has 0 spiro atoms. The molecule has 40 heavy (non-hydrogen) atoms. The third-order valence-electron chi connectivity index (χ3n) is 5.93. The van der Waals surface area contributed by atoms with E-state index in [2.05, 4.69) is 47.3 Å². The summed E-state index contributed by atoms with van der Waals surface area (Å²) in [6.07, 6.45) is 1.98. The van der Waals surface area contributed by atoms with E-state index in [1.165, 1.54) is 17.0 Å². The molecule has 4 rings (SSSR count). The smallest absolute Gasteiger partial charge is 0.312 e. The fourth-order valence-corrected chi connectivity index (χ4v) is 4.71. The first kappa shape index (κ1) is 29.4. The minimum absolute atomic E-state index is 0.109. The van der Waals surface area contributed by atoms with Crippen molar-refractivity contribution in [3.8, 4) is 5.75 Å². The Morgan fingerprint density at radius 1 is 1.20 bits per heavy atom. The van der Waals surface area contributed by atoms with Crippen LogP contribution >= 0.6 is 43.5 Å². The molecule has 0 saturated heterocycles. The number of ether oxygens (including phenoxy) is 1. The van der Waals surface area contributed by atoms with Crippen molar-refractivity contribution in [1.29, 1.82) is 0 Å². The molecule has 1 amide bonds. The summed E-state index contributed by atoms with van der Waals surface area (Å²) in [5.41, 5.74) is 0.412. The number of rotatable bonds is 9. The van der Waals surface area contributed by atoms with Crippen LogP contribution in [0.15, 0.2) is 73.4 Å². The molecule has 1 atom stereocenters. The fourth-order valence-electron chi connectivity index (χ4n) is 3.76. The summed E-state index contributed by atoms with van der Waals surface area (Å²) in [5.74, 6) is -0.394. The first-order valence-electron chi connectivity index (χ1n) is 12.0. The van der Waals surface area contributed by atoms with E-state index < -0.39 is 23.0 Å². The van der Waals surface area contributed by atoms with Crippen molar-refractivity contribution in [3.63, 3.8) is 0 Å². The van der Waals surface area contributed by atoms with Crippen LogP contribution in [0.5, 0.6) is 5.75 Å². The predicted molar refractivity (Wildman–Crippen MR) is 162 cm³/mol. The van der Waals surface area contributed by atoms with Gasteiger partial charge in [0.2, 0.25) is 5.75 Å². The number of nitrogens with zero attached hydrogens (tertiary/aromatic N) is 4. The summed E-state index contributed by atoms with van der Waals surface area (Å²) < 4.78 is 7.92. The zero-order chi connectivity index (χ0) is 29.0. The van der Waals surface area contributed by atoms with Crippen molar-refractivity contribution in [2.45, 2.75) is 26.2 Å². The average Bonchev–Trinajstić information content (AvgIpc) is 2.92. The van der Waals surface area contributed by atoms with Gasteiger partial charge < -0.3 is 10.1 Å². The molecule has 0 fully saturated rings. The lowest BCUT2D eigenvalue weighted by Gasteiger charge is -2.14. The summed E-state index contributed by atoms with van der Waals surface area (Å²) in [5, 5.41) is 19.8. The Hall–Kier alpha value is -3.61. The van der Waals surface area contributed by atoms with Crippen molar-refractivity contribution >= 4 is 77.9 Å². The number of halogens is 3. The molecule has 13 heteroatoms. The number of nitro benzene ring substituents is 1. The molecule has 0 aliphatic rings. The largest absolute Gasteiger partial charge is 0.476 e. The highest BCUT2D eigenvalue weighted by Gasteiger charge is 2.22. The number of hydrogen-bond donors (Lipinski definition) is 1. The van der Waals surface area contributed by atoms with Gasteiger partial charge in [-0.2, -0.15) is 9.78 Å². The topological polar surface area (TPSA) is 129 Å². The summed E-state index contributed by atoms with van der Waals surface area (Å²) >= 11 is 12.5. The molecule has 1 aromatic heterocycles. The van der Waals surface area contributed by atoms with Gasteiger partial charge in [-0.05, 0) is 55.0 Å². The summed E-state index contributed by atoms with van der Waals surface area (Å²) in [6.45, 7) is 3.38. The number of fused-ring (bicyclic) bond motifs is 1. The number of anilines is 1. The van der Waals surface area contributed by atoms with Gasteiger partial charge in [-0.25, -0.2) is 4.98 Å². The van der Waals surface area contributed by atoms with Crippen molar-refractivity contribution in [2.24, 2.45) is 5.10 Å². The van der Waals surface area contributed by atoms with E-state index in [1.54, 1.807) is 48.5 Å². The second-order valence-corrected chi connectivity index (χ2v) is 11.0. The molecule has 1 heterocycles. The molecule has 0 aliphatic carbocycles. The average molecular weight is 692 g/mol. The van der Waals surface area contributed by atoms with E-state index in [9.17, 15) is 19.7 Å². The van der Waals surface area contributed by atoms with Crippen molar-refractivity contribution < 1.29 is 14.5 Å². The molecular weight excluding hydrogens is 670 g/mol. The van der Waals surface area contributed by atoms with Crippen molar-refractivity contribution in [1.82, 2.24) is 9.66 Å². The van der Waals surface area contributed by atoms with Crippen LogP contribution < -0.4 is 15.6 Å². The van der Waals surface area contributed by atoms with Crippen LogP contribution in [0.3, 0.4) is 0 Å². The van der Waals surface area contributed by atoms with E-state index >= 15 is 0 Å². The molecule has 4 aromatic rings. The van der Waals surface area contributed by atoms with Gasteiger partial charge in [-0.15, -0.1) is 0 Å². The molecular formula is C27H22Br2ClN5O5.